The second-order valence-corrected chi connectivity index (χ2v) is 8.72. The first-order valence-corrected chi connectivity index (χ1v) is 11.0. The third kappa shape index (κ3) is 3.91. The van der Waals surface area contributed by atoms with Crippen molar-refractivity contribution < 1.29 is 14.3 Å². The van der Waals surface area contributed by atoms with Crippen LogP contribution in [0.15, 0.2) is 54.6 Å². The Kier molecular flexibility index (Phi) is 5.14. The first-order valence-electron chi connectivity index (χ1n) is 10.1. The number of thiazole rings is 1. The van der Waals surface area contributed by atoms with Gasteiger partial charge in [0.25, 0.3) is 5.91 Å². The summed E-state index contributed by atoms with van der Waals surface area (Å²) < 4.78 is 11.7. The fraction of sp³-hybridized carbons (Fsp3) is 0.304. The van der Waals surface area contributed by atoms with E-state index in [-0.39, 0.29) is 12.0 Å². The van der Waals surface area contributed by atoms with Gasteiger partial charge in [-0.3, -0.25) is 15.0 Å². The Morgan fingerprint density at radius 3 is 2.67 bits per heavy atom. The van der Waals surface area contributed by atoms with Crippen LogP contribution in [0.25, 0.3) is 0 Å². The van der Waals surface area contributed by atoms with Gasteiger partial charge in [0.2, 0.25) is 6.10 Å². The van der Waals surface area contributed by atoms with Crippen molar-refractivity contribution in [3.63, 3.8) is 0 Å². The maximum atomic E-state index is 12.8. The van der Waals surface area contributed by atoms with Gasteiger partial charge in [-0.1, -0.05) is 42.5 Å². The fourth-order valence-corrected chi connectivity index (χ4v) is 4.91. The summed E-state index contributed by atoms with van der Waals surface area (Å²) in [4.78, 5) is 21.1. The number of para-hydroxylation sites is 2. The molecule has 0 unspecified atom stereocenters. The first-order chi connectivity index (χ1) is 14.7. The number of carbonyl (C=O) groups is 1. The summed E-state index contributed by atoms with van der Waals surface area (Å²) in [5.41, 5.74) is 2.39. The number of carbonyl (C=O) groups excluding carboxylic acids is 1. The lowest BCUT2D eigenvalue weighted by Crippen LogP contribution is -2.46. The van der Waals surface area contributed by atoms with Crippen LogP contribution in [-0.4, -0.2) is 34.5 Å². The van der Waals surface area contributed by atoms with Gasteiger partial charge in [-0.25, -0.2) is 4.98 Å². The second kappa shape index (κ2) is 8.08. The van der Waals surface area contributed by atoms with Crippen LogP contribution in [0.1, 0.15) is 23.1 Å². The van der Waals surface area contributed by atoms with Crippen LogP contribution in [0, 0.1) is 0 Å². The molecule has 0 saturated carbocycles. The lowest BCUT2D eigenvalue weighted by atomic mass is 10.1. The number of nitrogens with zero attached hydrogens (tertiary/aromatic N) is 2. The van der Waals surface area contributed by atoms with Crippen LogP contribution in [0.4, 0.5) is 5.13 Å². The van der Waals surface area contributed by atoms with Crippen molar-refractivity contribution in [1.82, 2.24) is 9.88 Å². The van der Waals surface area contributed by atoms with Crippen molar-refractivity contribution in [2.45, 2.75) is 38.6 Å². The normalized spacial score (nSPS) is 20.4. The van der Waals surface area contributed by atoms with Gasteiger partial charge >= 0.3 is 0 Å². The van der Waals surface area contributed by atoms with Crippen molar-refractivity contribution >= 4 is 22.4 Å². The highest BCUT2D eigenvalue weighted by Crippen LogP contribution is 2.34. The molecule has 0 spiro atoms. The van der Waals surface area contributed by atoms with Crippen LogP contribution in [0.2, 0.25) is 0 Å². The summed E-state index contributed by atoms with van der Waals surface area (Å²) in [7, 11) is 0. The number of hydrogen-bond donors (Lipinski definition) is 1. The Bertz CT molecular complexity index is 1050. The summed E-state index contributed by atoms with van der Waals surface area (Å²) in [6.45, 7) is 4.58. The third-order valence-electron chi connectivity index (χ3n) is 5.39. The molecule has 0 saturated heterocycles. The molecule has 0 aliphatic carbocycles. The molecule has 0 bridgehead atoms. The minimum Gasteiger partial charge on any atom is -0.482 e. The Balaban J connectivity index is 1.24. The number of anilines is 1. The number of amides is 1. The number of hydrogen-bond acceptors (Lipinski definition) is 6. The summed E-state index contributed by atoms with van der Waals surface area (Å²) in [5.74, 6) is 1.02. The van der Waals surface area contributed by atoms with Gasteiger partial charge in [-0.2, -0.15) is 0 Å². The molecule has 1 N–H and O–H groups in total. The minimum absolute atomic E-state index is 0.232. The molecule has 154 valence electrons. The number of rotatable bonds is 4. The van der Waals surface area contributed by atoms with E-state index in [1.807, 2.05) is 37.3 Å². The molecular weight excluding hydrogens is 398 g/mol. The average molecular weight is 422 g/mol. The number of ether oxygens (including phenoxy) is 2. The molecular formula is C23H23N3O3S. The lowest BCUT2D eigenvalue weighted by Gasteiger charge is -2.30. The van der Waals surface area contributed by atoms with E-state index in [9.17, 15) is 4.79 Å². The molecule has 3 aromatic rings. The quantitative estimate of drug-likeness (QED) is 0.693. The van der Waals surface area contributed by atoms with Crippen molar-refractivity contribution in [2.75, 3.05) is 11.9 Å². The zero-order valence-electron chi connectivity index (χ0n) is 16.7. The van der Waals surface area contributed by atoms with Crippen molar-refractivity contribution in [3.05, 3.63) is 70.7 Å². The molecule has 0 fully saturated rings. The molecule has 30 heavy (non-hydrogen) atoms. The summed E-state index contributed by atoms with van der Waals surface area (Å²) in [6.07, 6.45) is -0.201. The van der Waals surface area contributed by atoms with Crippen molar-refractivity contribution in [1.29, 1.82) is 0 Å². The van der Waals surface area contributed by atoms with E-state index < -0.39 is 6.10 Å². The standard InChI is InChI=1S/C23H23N3O3S/c1-15-21(29-19-10-6-5-9-18(19)28-15)22(27)25-23-24-17-11-12-26(14-20(17)30-23)13-16-7-3-2-4-8-16/h2-10,15,21H,11-14H2,1H3,(H,24,25,27)/t15-,21-/m0/s1. The molecule has 0 radical (unpaired) electrons. The minimum atomic E-state index is -0.713. The van der Waals surface area contributed by atoms with Gasteiger partial charge in [-0.05, 0) is 24.6 Å². The maximum Gasteiger partial charge on any atom is 0.271 e. The van der Waals surface area contributed by atoms with Gasteiger partial charge in [0.15, 0.2) is 16.6 Å². The molecule has 2 atom stereocenters. The Morgan fingerprint density at radius 1 is 1.13 bits per heavy atom. The molecule has 2 aliphatic rings. The molecule has 6 nitrogen and oxygen atoms in total. The zero-order chi connectivity index (χ0) is 20.5. The smallest absolute Gasteiger partial charge is 0.271 e. The SMILES string of the molecule is C[C@@H]1Oc2ccccc2O[C@@H]1C(=O)Nc1nc2c(s1)CN(Cc1ccccc1)CC2. The molecule has 2 aromatic carbocycles. The molecule has 2 aliphatic heterocycles. The van der Waals surface area contributed by atoms with Crippen molar-refractivity contribution in [2.24, 2.45) is 0 Å². The highest BCUT2D eigenvalue weighted by Gasteiger charge is 2.34. The monoisotopic (exact) mass is 421 g/mol. The van der Waals surface area contributed by atoms with Crippen molar-refractivity contribution in [3.8, 4) is 11.5 Å². The van der Waals surface area contributed by atoms with E-state index in [4.69, 9.17) is 9.47 Å². The van der Waals surface area contributed by atoms with Crippen LogP contribution in [-0.2, 0) is 24.3 Å². The van der Waals surface area contributed by atoms with Gasteiger partial charge in [-0.15, -0.1) is 11.3 Å². The molecule has 3 heterocycles. The van der Waals surface area contributed by atoms with E-state index in [2.05, 4.69) is 39.5 Å². The van der Waals surface area contributed by atoms with Crippen LogP contribution >= 0.6 is 11.3 Å². The number of nitrogens with one attached hydrogen (secondary N) is 1. The fourth-order valence-electron chi connectivity index (χ4n) is 3.86. The maximum absolute atomic E-state index is 12.8. The zero-order valence-corrected chi connectivity index (χ0v) is 17.5. The molecule has 1 amide bonds. The number of fused-ring (bicyclic) bond motifs is 2. The summed E-state index contributed by atoms with van der Waals surface area (Å²) >= 11 is 1.55. The Labute approximate surface area is 179 Å². The summed E-state index contributed by atoms with van der Waals surface area (Å²) in [5, 5.41) is 3.57. The third-order valence-corrected chi connectivity index (χ3v) is 6.39. The van der Waals surface area contributed by atoms with Crippen LogP contribution < -0.4 is 14.8 Å². The molecule has 5 rings (SSSR count). The van der Waals surface area contributed by atoms with E-state index in [1.165, 1.54) is 10.4 Å². The van der Waals surface area contributed by atoms with Crippen LogP contribution in [0.5, 0.6) is 11.5 Å². The molecule has 1 aromatic heterocycles. The predicted octanol–water partition coefficient (Wildman–Crippen LogP) is 3.87. The second-order valence-electron chi connectivity index (χ2n) is 7.63. The van der Waals surface area contributed by atoms with Gasteiger partial charge in [0, 0.05) is 30.9 Å². The van der Waals surface area contributed by atoms with E-state index in [0.717, 1.165) is 31.7 Å². The number of benzene rings is 2. The first kappa shape index (κ1) is 19.1. The van der Waals surface area contributed by atoms with Crippen LogP contribution in [0.3, 0.4) is 0 Å². The predicted molar refractivity (Wildman–Crippen MR) is 116 cm³/mol. The Morgan fingerprint density at radius 2 is 1.87 bits per heavy atom. The van der Waals surface area contributed by atoms with Gasteiger partial charge in [0.05, 0.1) is 5.69 Å². The number of aromatic nitrogens is 1. The van der Waals surface area contributed by atoms with Gasteiger partial charge in [0.1, 0.15) is 6.10 Å². The highest BCUT2D eigenvalue weighted by atomic mass is 32.1. The van der Waals surface area contributed by atoms with E-state index >= 15 is 0 Å². The van der Waals surface area contributed by atoms with E-state index in [1.54, 1.807) is 11.3 Å². The highest BCUT2D eigenvalue weighted by molar-refractivity contribution is 7.15. The van der Waals surface area contributed by atoms with Gasteiger partial charge < -0.3 is 9.47 Å². The van der Waals surface area contributed by atoms with E-state index in [0.29, 0.717) is 16.6 Å². The largest absolute Gasteiger partial charge is 0.482 e. The topological polar surface area (TPSA) is 63.7 Å². The summed E-state index contributed by atoms with van der Waals surface area (Å²) in [6, 6.07) is 17.9. The average Bonchev–Trinajstić information content (AvgIpc) is 3.15. The Hall–Kier alpha value is -2.90. The lowest BCUT2D eigenvalue weighted by molar-refractivity contribution is -0.128. The molecule has 7 heteroatoms.